The molecule has 0 radical (unpaired) electrons. The van der Waals surface area contributed by atoms with Gasteiger partial charge in [0.1, 0.15) is 12.4 Å². The summed E-state index contributed by atoms with van der Waals surface area (Å²) in [6, 6.07) is 18.6. The van der Waals surface area contributed by atoms with Crippen LogP contribution in [0.3, 0.4) is 0 Å². The number of benzene rings is 2. The number of aliphatic hydroxyl groups excluding tert-OH is 1. The zero-order chi connectivity index (χ0) is 15.9. The Kier molecular flexibility index (Phi) is 5.67. The molecular formula is C20H25NO2. The summed E-state index contributed by atoms with van der Waals surface area (Å²) in [5.41, 5.74) is 2.45. The minimum Gasteiger partial charge on any atom is -0.489 e. The molecule has 0 aliphatic carbocycles. The third kappa shape index (κ3) is 5.08. The van der Waals surface area contributed by atoms with Crippen LogP contribution in [-0.4, -0.2) is 29.2 Å². The number of nitrogens with zero attached hydrogens (tertiary/aromatic N) is 1. The Morgan fingerprint density at radius 3 is 2.65 bits per heavy atom. The van der Waals surface area contributed by atoms with Gasteiger partial charge in [-0.1, -0.05) is 42.5 Å². The highest BCUT2D eigenvalue weighted by molar-refractivity contribution is 5.29. The molecule has 0 bridgehead atoms. The van der Waals surface area contributed by atoms with Crippen molar-refractivity contribution in [1.82, 2.24) is 4.90 Å². The van der Waals surface area contributed by atoms with Gasteiger partial charge < -0.3 is 9.84 Å². The van der Waals surface area contributed by atoms with E-state index in [1.165, 1.54) is 11.1 Å². The van der Waals surface area contributed by atoms with Crippen LogP contribution in [0.1, 0.15) is 30.4 Å². The summed E-state index contributed by atoms with van der Waals surface area (Å²) < 4.78 is 5.91. The fourth-order valence-electron chi connectivity index (χ4n) is 3.03. The molecule has 1 aliphatic heterocycles. The molecule has 3 heteroatoms. The van der Waals surface area contributed by atoms with Crippen LogP contribution < -0.4 is 4.74 Å². The van der Waals surface area contributed by atoms with Gasteiger partial charge in [0, 0.05) is 13.1 Å². The second-order valence-electron chi connectivity index (χ2n) is 6.28. The van der Waals surface area contributed by atoms with E-state index in [9.17, 15) is 5.11 Å². The van der Waals surface area contributed by atoms with Crippen LogP contribution in [0.25, 0.3) is 0 Å². The molecule has 2 aromatic carbocycles. The van der Waals surface area contributed by atoms with Gasteiger partial charge >= 0.3 is 0 Å². The van der Waals surface area contributed by atoms with E-state index in [0.29, 0.717) is 6.61 Å². The molecule has 3 nitrogen and oxygen atoms in total. The van der Waals surface area contributed by atoms with Crippen LogP contribution in [0.15, 0.2) is 54.6 Å². The average Bonchev–Trinajstić information content (AvgIpc) is 2.79. The third-order valence-corrected chi connectivity index (χ3v) is 4.34. The average molecular weight is 311 g/mol. The monoisotopic (exact) mass is 311 g/mol. The topological polar surface area (TPSA) is 32.7 Å². The maximum Gasteiger partial charge on any atom is 0.120 e. The molecule has 2 aromatic rings. The maximum atomic E-state index is 9.75. The van der Waals surface area contributed by atoms with Gasteiger partial charge in [0.2, 0.25) is 0 Å². The van der Waals surface area contributed by atoms with Crippen LogP contribution in [0, 0.1) is 0 Å². The third-order valence-electron chi connectivity index (χ3n) is 4.34. The normalized spacial score (nSPS) is 19.3. The van der Waals surface area contributed by atoms with Gasteiger partial charge in [-0.2, -0.15) is 0 Å². The highest BCUT2D eigenvalue weighted by Crippen LogP contribution is 2.18. The molecule has 3 rings (SSSR count). The molecule has 122 valence electrons. The van der Waals surface area contributed by atoms with Crippen molar-refractivity contribution in [3.63, 3.8) is 0 Å². The van der Waals surface area contributed by atoms with Gasteiger partial charge in [-0.15, -0.1) is 0 Å². The minimum absolute atomic E-state index is 0.124. The lowest BCUT2D eigenvalue weighted by atomic mass is 10.2. The summed E-state index contributed by atoms with van der Waals surface area (Å²) in [7, 11) is 0. The molecule has 1 atom stereocenters. The molecule has 1 heterocycles. The Morgan fingerprint density at radius 1 is 0.957 bits per heavy atom. The Hall–Kier alpha value is -1.84. The molecule has 1 aliphatic rings. The number of hydrogen-bond donors (Lipinski definition) is 1. The lowest BCUT2D eigenvalue weighted by Gasteiger charge is -2.20. The molecule has 0 amide bonds. The van der Waals surface area contributed by atoms with E-state index in [0.717, 1.165) is 44.6 Å². The Balaban J connectivity index is 1.56. The summed E-state index contributed by atoms with van der Waals surface area (Å²) in [6.07, 6.45) is 2.76. The molecular weight excluding hydrogens is 286 g/mol. The fourth-order valence-corrected chi connectivity index (χ4v) is 3.03. The minimum atomic E-state index is -0.124. The summed E-state index contributed by atoms with van der Waals surface area (Å²) in [4.78, 5) is 2.42. The number of ether oxygens (including phenoxy) is 1. The molecule has 1 fully saturated rings. The van der Waals surface area contributed by atoms with E-state index in [-0.39, 0.29) is 6.10 Å². The summed E-state index contributed by atoms with van der Waals surface area (Å²) in [5, 5.41) is 9.75. The van der Waals surface area contributed by atoms with Crippen molar-refractivity contribution in [2.24, 2.45) is 0 Å². The van der Waals surface area contributed by atoms with Crippen molar-refractivity contribution in [2.75, 3.05) is 13.1 Å². The molecule has 0 aromatic heterocycles. The van der Waals surface area contributed by atoms with Gasteiger partial charge in [0.05, 0.1) is 6.10 Å². The Labute approximate surface area is 138 Å². The predicted octanol–water partition coefficient (Wildman–Crippen LogP) is 3.61. The first kappa shape index (κ1) is 16.0. The van der Waals surface area contributed by atoms with E-state index >= 15 is 0 Å². The lowest BCUT2D eigenvalue weighted by Crippen LogP contribution is -2.24. The first-order valence-corrected chi connectivity index (χ1v) is 8.46. The zero-order valence-electron chi connectivity index (χ0n) is 13.5. The highest BCUT2D eigenvalue weighted by atomic mass is 16.5. The van der Waals surface area contributed by atoms with Crippen molar-refractivity contribution in [3.8, 4) is 5.75 Å². The standard InChI is InChI=1S/C20H25NO2/c22-19-9-5-12-21(13-11-19)15-18-8-4-10-20(14-18)23-16-17-6-2-1-3-7-17/h1-4,6-8,10,14,19,22H,5,9,11-13,15-16H2/t19-/m0/s1. The maximum absolute atomic E-state index is 9.75. The molecule has 1 saturated heterocycles. The first-order chi connectivity index (χ1) is 11.3. The van der Waals surface area contributed by atoms with Crippen molar-refractivity contribution < 1.29 is 9.84 Å². The quantitative estimate of drug-likeness (QED) is 0.915. The van der Waals surface area contributed by atoms with Crippen molar-refractivity contribution in [2.45, 2.75) is 38.5 Å². The van der Waals surface area contributed by atoms with Crippen molar-refractivity contribution in [3.05, 3.63) is 65.7 Å². The van der Waals surface area contributed by atoms with E-state index < -0.39 is 0 Å². The van der Waals surface area contributed by atoms with E-state index in [1.807, 2.05) is 24.3 Å². The van der Waals surface area contributed by atoms with Crippen molar-refractivity contribution in [1.29, 1.82) is 0 Å². The van der Waals surface area contributed by atoms with Crippen LogP contribution in [0.5, 0.6) is 5.75 Å². The molecule has 0 spiro atoms. The Morgan fingerprint density at radius 2 is 1.78 bits per heavy atom. The summed E-state index contributed by atoms with van der Waals surface area (Å²) in [5.74, 6) is 0.918. The smallest absolute Gasteiger partial charge is 0.120 e. The number of hydrogen-bond acceptors (Lipinski definition) is 3. The second kappa shape index (κ2) is 8.14. The van der Waals surface area contributed by atoms with Gasteiger partial charge in [-0.25, -0.2) is 0 Å². The lowest BCUT2D eigenvalue weighted by molar-refractivity contribution is 0.154. The largest absolute Gasteiger partial charge is 0.489 e. The second-order valence-corrected chi connectivity index (χ2v) is 6.28. The van der Waals surface area contributed by atoms with E-state index in [4.69, 9.17) is 4.74 Å². The predicted molar refractivity (Wildman–Crippen MR) is 92.4 cm³/mol. The zero-order valence-corrected chi connectivity index (χ0v) is 13.5. The number of likely N-dealkylation sites (tertiary alicyclic amines) is 1. The SMILES string of the molecule is O[C@H]1CCCN(Cc2cccc(OCc3ccccc3)c2)CC1. The molecule has 1 N–H and O–H groups in total. The van der Waals surface area contributed by atoms with Crippen LogP contribution in [0.2, 0.25) is 0 Å². The van der Waals surface area contributed by atoms with Gasteiger partial charge in [-0.05, 0) is 49.1 Å². The molecule has 0 saturated carbocycles. The molecule has 0 unspecified atom stereocenters. The summed E-state index contributed by atoms with van der Waals surface area (Å²) in [6.45, 7) is 3.55. The van der Waals surface area contributed by atoms with Crippen molar-refractivity contribution >= 4 is 0 Å². The first-order valence-electron chi connectivity index (χ1n) is 8.46. The summed E-state index contributed by atoms with van der Waals surface area (Å²) >= 11 is 0. The van der Waals surface area contributed by atoms with Crippen LogP contribution in [0.4, 0.5) is 0 Å². The van der Waals surface area contributed by atoms with Crippen LogP contribution >= 0.6 is 0 Å². The number of aliphatic hydroxyl groups is 1. The van der Waals surface area contributed by atoms with Gasteiger partial charge in [-0.3, -0.25) is 4.90 Å². The van der Waals surface area contributed by atoms with E-state index in [2.05, 4.69) is 35.2 Å². The van der Waals surface area contributed by atoms with Gasteiger partial charge in [0.15, 0.2) is 0 Å². The fraction of sp³-hybridized carbons (Fsp3) is 0.400. The van der Waals surface area contributed by atoms with Crippen LogP contribution in [-0.2, 0) is 13.2 Å². The highest BCUT2D eigenvalue weighted by Gasteiger charge is 2.15. The van der Waals surface area contributed by atoms with Gasteiger partial charge in [0.25, 0.3) is 0 Å². The Bertz CT molecular complexity index is 600. The number of rotatable bonds is 5. The van der Waals surface area contributed by atoms with E-state index in [1.54, 1.807) is 0 Å². The molecule has 23 heavy (non-hydrogen) atoms.